The first-order valence-corrected chi connectivity index (χ1v) is 10.9. The van der Waals surface area contributed by atoms with E-state index in [0.29, 0.717) is 4.68 Å². The highest BCUT2D eigenvalue weighted by Crippen LogP contribution is 2.40. The summed E-state index contributed by atoms with van der Waals surface area (Å²) in [4.78, 5) is 20.0. The minimum absolute atomic E-state index is 0.000817. The Balaban J connectivity index is 1.88. The lowest BCUT2D eigenvalue weighted by Gasteiger charge is -2.13. The normalized spacial score (nSPS) is 11.4. The molecule has 192 valence electrons. The fraction of sp³-hybridized carbons (Fsp3) is 0.130. The predicted molar refractivity (Wildman–Crippen MR) is 125 cm³/mol. The number of aromatic nitrogens is 4. The minimum Gasteiger partial charge on any atom is -0.490 e. The average Bonchev–Trinajstić information content (AvgIpc) is 3.25. The van der Waals surface area contributed by atoms with Gasteiger partial charge in [0.2, 0.25) is 0 Å². The lowest BCUT2D eigenvalue weighted by molar-refractivity contribution is -0.143. The predicted octanol–water partition coefficient (Wildman–Crippen LogP) is 5.01. The molecule has 0 saturated heterocycles. The maximum Gasteiger partial charge on any atom is 0.434 e. The summed E-state index contributed by atoms with van der Waals surface area (Å²) < 4.78 is 68.8. The number of carbonyl (C=O) groups is 1. The standard InChI is InChI=1S/C23H17ClF4N6O3/c1-2-36-15-4-3-8-32-22(15)34-19(23(26,27)28)16(21(30)35)18(33-34)11-5-6-13(12(25)10-11)37-14-7-9-31-20(29)17(14)24/h3-10H,2H2,1H3,(H2,29,31)(H2,30,35). The molecule has 0 aliphatic heterocycles. The molecule has 0 spiro atoms. The Morgan fingerprint density at radius 2 is 1.86 bits per heavy atom. The number of rotatable bonds is 7. The summed E-state index contributed by atoms with van der Waals surface area (Å²) in [5.74, 6) is -3.15. The van der Waals surface area contributed by atoms with Crippen molar-refractivity contribution in [3.8, 4) is 34.3 Å². The van der Waals surface area contributed by atoms with E-state index in [9.17, 15) is 22.4 Å². The van der Waals surface area contributed by atoms with Crippen molar-refractivity contribution in [3.63, 3.8) is 0 Å². The van der Waals surface area contributed by atoms with Crippen molar-refractivity contribution in [2.24, 2.45) is 5.73 Å². The van der Waals surface area contributed by atoms with Gasteiger partial charge in [-0.3, -0.25) is 4.79 Å². The number of hydrogen-bond acceptors (Lipinski definition) is 7. The number of nitrogens with two attached hydrogens (primary N) is 2. The highest BCUT2D eigenvalue weighted by atomic mass is 35.5. The summed E-state index contributed by atoms with van der Waals surface area (Å²) in [6, 6.07) is 7.36. The molecule has 14 heteroatoms. The van der Waals surface area contributed by atoms with Crippen LogP contribution in [0.25, 0.3) is 17.1 Å². The van der Waals surface area contributed by atoms with Crippen LogP contribution in [0.2, 0.25) is 5.02 Å². The Kier molecular flexibility index (Phi) is 6.90. The molecule has 3 heterocycles. The number of pyridine rings is 2. The molecular weight excluding hydrogens is 520 g/mol. The number of halogens is 5. The molecule has 4 N–H and O–H groups in total. The number of benzene rings is 1. The minimum atomic E-state index is -5.09. The number of carbonyl (C=O) groups excluding carboxylic acids is 1. The Morgan fingerprint density at radius 3 is 2.51 bits per heavy atom. The van der Waals surface area contributed by atoms with Gasteiger partial charge in [0, 0.05) is 24.0 Å². The summed E-state index contributed by atoms with van der Waals surface area (Å²) >= 11 is 6.01. The number of alkyl halides is 3. The van der Waals surface area contributed by atoms with Crippen molar-refractivity contribution in [2.45, 2.75) is 13.1 Å². The molecule has 9 nitrogen and oxygen atoms in total. The zero-order chi connectivity index (χ0) is 26.9. The van der Waals surface area contributed by atoms with Crippen molar-refractivity contribution < 1.29 is 31.8 Å². The van der Waals surface area contributed by atoms with Crippen LogP contribution in [-0.4, -0.2) is 32.3 Å². The largest absolute Gasteiger partial charge is 0.490 e. The second-order valence-electron chi connectivity index (χ2n) is 7.36. The summed E-state index contributed by atoms with van der Waals surface area (Å²) in [6.07, 6.45) is -2.57. The second kappa shape index (κ2) is 9.93. The highest BCUT2D eigenvalue weighted by molar-refractivity contribution is 6.34. The third-order valence-electron chi connectivity index (χ3n) is 4.96. The molecule has 37 heavy (non-hydrogen) atoms. The first-order valence-electron chi connectivity index (χ1n) is 10.5. The number of nitrogen functional groups attached to an aromatic ring is 1. The van der Waals surface area contributed by atoms with E-state index in [2.05, 4.69) is 15.1 Å². The number of primary amides is 1. The molecule has 0 radical (unpaired) electrons. The topological polar surface area (TPSA) is 131 Å². The van der Waals surface area contributed by atoms with Gasteiger partial charge in [-0.15, -0.1) is 0 Å². The lowest BCUT2D eigenvalue weighted by atomic mass is 10.0. The van der Waals surface area contributed by atoms with E-state index in [1.165, 1.54) is 36.7 Å². The van der Waals surface area contributed by atoms with Gasteiger partial charge >= 0.3 is 6.18 Å². The van der Waals surface area contributed by atoms with E-state index in [-0.39, 0.29) is 46.1 Å². The van der Waals surface area contributed by atoms with Crippen molar-refractivity contribution >= 4 is 23.3 Å². The number of anilines is 1. The molecule has 0 aliphatic carbocycles. The van der Waals surface area contributed by atoms with Gasteiger partial charge < -0.3 is 20.9 Å². The molecule has 0 saturated carbocycles. The van der Waals surface area contributed by atoms with E-state index < -0.39 is 34.9 Å². The van der Waals surface area contributed by atoms with Crippen LogP contribution < -0.4 is 20.9 Å². The zero-order valence-corrected chi connectivity index (χ0v) is 19.6. The molecule has 0 atom stereocenters. The van der Waals surface area contributed by atoms with E-state index in [1.807, 2.05) is 0 Å². The van der Waals surface area contributed by atoms with Crippen LogP contribution in [-0.2, 0) is 6.18 Å². The zero-order valence-electron chi connectivity index (χ0n) is 18.9. The fourth-order valence-corrected chi connectivity index (χ4v) is 3.60. The molecule has 0 fully saturated rings. The van der Waals surface area contributed by atoms with Gasteiger partial charge in [0.25, 0.3) is 5.91 Å². The van der Waals surface area contributed by atoms with Gasteiger partial charge in [0.15, 0.2) is 34.6 Å². The number of hydrogen-bond donors (Lipinski definition) is 2. The van der Waals surface area contributed by atoms with E-state index >= 15 is 0 Å². The van der Waals surface area contributed by atoms with Gasteiger partial charge in [-0.1, -0.05) is 11.6 Å². The van der Waals surface area contributed by atoms with Crippen LogP contribution in [0.1, 0.15) is 23.0 Å². The van der Waals surface area contributed by atoms with Crippen LogP contribution in [0.5, 0.6) is 17.2 Å². The van der Waals surface area contributed by atoms with Gasteiger partial charge in [-0.2, -0.15) is 18.3 Å². The molecule has 0 unspecified atom stereocenters. The Labute approximate surface area is 211 Å². The Morgan fingerprint density at radius 1 is 1.11 bits per heavy atom. The summed E-state index contributed by atoms with van der Waals surface area (Å²) in [6.45, 7) is 1.75. The van der Waals surface area contributed by atoms with Crippen molar-refractivity contribution in [1.29, 1.82) is 0 Å². The summed E-state index contributed by atoms with van der Waals surface area (Å²) in [5.41, 5.74) is 7.78. The van der Waals surface area contributed by atoms with E-state index in [0.717, 1.165) is 12.1 Å². The van der Waals surface area contributed by atoms with Crippen molar-refractivity contribution in [2.75, 3.05) is 12.3 Å². The molecule has 1 aromatic carbocycles. The molecular formula is C23H17ClF4N6O3. The Hall–Kier alpha value is -4.39. The monoisotopic (exact) mass is 536 g/mol. The van der Waals surface area contributed by atoms with Crippen LogP contribution in [0.4, 0.5) is 23.4 Å². The van der Waals surface area contributed by atoms with Gasteiger partial charge in [0.05, 0.1) is 12.2 Å². The average molecular weight is 537 g/mol. The van der Waals surface area contributed by atoms with E-state index in [4.69, 9.17) is 32.5 Å². The first-order chi connectivity index (χ1) is 17.5. The van der Waals surface area contributed by atoms with Crippen LogP contribution >= 0.6 is 11.6 Å². The maximum atomic E-state index is 15.0. The quantitative estimate of drug-likeness (QED) is 0.317. The van der Waals surface area contributed by atoms with E-state index in [1.54, 1.807) is 6.92 Å². The van der Waals surface area contributed by atoms with Crippen LogP contribution in [0, 0.1) is 5.82 Å². The van der Waals surface area contributed by atoms with Crippen molar-refractivity contribution in [3.05, 3.63) is 70.9 Å². The molecule has 4 rings (SSSR count). The van der Waals surface area contributed by atoms with Gasteiger partial charge in [0.1, 0.15) is 16.5 Å². The fourth-order valence-electron chi connectivity index (χ4n) is 3.45. The number of ether oxygens (including phenoxy) is 2. The first kappa shape index (κ1) is 25.7. The third kappa shape index (κ3) is 4.98. The van der Waals surface area contributed by atoms with Gasteiger partial charge in [-0.25, -0.2) is 19.0 Å². The summed E-state index contributed by atoms with van der Waals surface area (Å²) in [5, 5.41) is 3.90. The summed E-state index contributed by atoms with van der Waals surface area (Å²) in [7, 11) is 0. The van der Waals surface area contributed by atoms with Gasteiger partial charge in [-0.05, 0) is 37.3 Å². The third-order valence-corrected chi connectivity index (χ3v) is 5.34. The number of nitrogens with zero attached hydrogens (tertiary/aromatic N) is 4. The SMILES string of the molecule is CCOc1cccnc1-n1nc(-c2ccc(Oc3ccnc(N)c3Cl)c(F)c2)c(C(N)=O)c1C(F)(F)F. The molecule has 0 aliphatic rings. The molecule has 1 amide bonds. The second-order valence-corrected chi connectivity index (χ2v) is 7.74. The smallest absolute Gasteiger partial charge is 0.434 e. The molecule has 0 bridgehead atoms. The molecule has 4 aromatic rings. The maximum absolute atomic E-state index is 15.0. The molecule has 3 aromatic heterocycles. The highest BCUT2D eigenvalue weighted by Gasteiger charge is 2.43. The lowest BCUT2D eigenvalue weighted by Crippen LogP contribution is -2.21. The number of amides is 1. The Bertz CT molecular complexity index is 1490. The van der Waals surface area contributed by atoms with Crippen LogP contribution in [0.3, 0.4) is 0 Å². The van der Waals surface area contributed by atoms with Crippen LogP contribution in [0.15, 0.2) is 48.8 Å². The van der Waals surface area contributed by atoms with Crippen molar-refractivity contribution in [1.82, 2.24) is 19.7 Å².